The van der Waals surface area contributed by atoms with Gasteiger partial charge in [0, 0.05) is 7.11 Å². The van der Waals surface area contributed by atoms with E-state index in [2.05, 4.69) is 16.8 Å². The topological polar surface area (TPSA) is 42.8 Å². The van der Waals surface area contributed by atoms with Crippen molar-refractivity contribution in [1.29, 1.82) is 0 Å². The Bertz CT molecular complexity index is 341. The first kappa shape index (κ1) is 10.1. The fraction of sp³-hybridized carbons (Fsp3) is 0.500. The van der Waals surface area contributed by atoms with Gasteiger partial charge in [-0.05, 0) is 19.1 Å². The smallest absolute Gasteiger partial charge is 0.195 e. The number of aromatic amines is 1. The highest BCUT2D eigenvalue weighted by Gasteiger charge is 2.08. The normalized spacial score (nSPS) is 12.8. The van der Waals surface area contributed by atoms with Crippen LogP contribution >= 0.6 is 12.2 Å². The van der Waals surface area contributed by atoms with Gasteiger partial charge in [-0.25, -0.2) is 0 Å². The first-order chi connectivity index (χ1) is 6.20. The molecule has 1 aromatic heterocycles. The number of ether oxygens (including phenoxy) is 1. The molecule has 0 saturated heterocycles. The van der Waals surface area contributed by atoms with E-state index in [4.69, 9.17) is 17.0 Å². The van der Waals surface area contributed by atoms with Gasteiger partial charge in [0.25, 0.3) is 0 Å². The largest absolute Gasteiger partial charge is 0.377 e. The number of rotatable bonds is 4. The SMILES string of the molecule is C=CC(C)n1c(COC)n[nH]c1=S. The minimum Gasteiger partial charge on any atom is -0.377 e. The van der Waals surface area contributed by atoms with Gasteiger partial charge >= 0.3 is 0 Å². The number of H-pyrrole nitrogens is 1. The summed E-state index contributed by atoms with van der Waals surface area (Å²) < 4.78 is 7.47. The zero-order valence-corrected chi connectivity index (χ0v) is 8.60. The lowest BCUT2D eigenvalue weighted by Crippen LogP contribution is -2.08. The number of nitrogens with one attached hydrogen (secondary N) is 1. The minimum atomic E-state index is 0.136. The van der Waals surface area contributed by atoms with E-state index >= 15 is 0 Å². The van der Waals surface area contributed by atoms with E-state index < -0.39 is 0 Å². The van der Waals surface area contributed by atoms with E-state index in [0.29, 0.717) is 11.4 Å². The van der Waals surface area contributed by atoms with Crippen LogP contribution in [0.5, 0.6) is 0 Å². The molecule has 0 aliphatic carbocycles. The van der Waals surface area contributed by atoms with E-state index in [1.807, 2.05) is 17.6 Å². The lowest BCUT2D eigenvalue weighted by Gasteiger charge is -2.09. The van der Waals surface area contributed by atoms with Gasteiger partial charge in [-0.1, -0.05) is 6.08 Å². The number of hydrogen-bond acceptors (Lipinski definition) is 3. The fourth-order valence-electron chi connectivity index (χ4n) is 1.09. The van der Waals surface area contributed by atoms with E-state index in [0.717, 1.165) is 5.82 Å². The van der Waals surface area contributed by atoms with Crippen molar-refractivity contribution in [2.45, 2.75) is 19.6 Å². The average Bonchev–Trinajstić information content (AvgIpc) is 2.47. The van der Waals surface area contributed by atoms with E-state index in [-0.39, 0.29) is 6.04 Å². The fourth-order valence-corrected chi connectivity index (χ4v) is 1.41. The van der Waals surface area contributed by atoms with Gasteiger partial charge in [0.2, 0.25) is 0 Å². The highest BCUT2D eigenvalue weighted by atomic mass is 32.1. The zero-order valence-electron chi connectivity index (χ0n) is 7.78. The van der Waals surface area contributed by atoms with Crippen LogP contribution < -0.4 is 0 Å². The molecule has 5 heteroatoms. The Morgan fingerprint density at radius 2 is 2.54 bits per heavy atom. The summed E-state index contributed by atoms with van der Waals surface area (Å²) in [5.41, 5.74) is 0. The van der Waals surface area contributed by atoms with Crippen molar-refractivity contribution in [2.75, 3.05) is 7.11 Å². The molecular formula is C8H13N3OS. The molecule has 0 saturated carbocycles. The molecule has 1 aromatic rings. The lowest BCUT2D eigenvalue weighted by molar-refractivity contribution is 0.173. The third-order valence-electron chi connectivity index (χ3n) is 1.80. The highest BCUT2D eigenvalue weighted by Crippen LogP contribution is 2.10. The quantitative estimate of drug-likeness (QED) is 0.594. The van der Waals surface area contributed by atoms with E-state index in [1.165, 1.54) is 0 Å². The molecule has 0 aromatic carbocycles. The molecule has 13 heavy (non-hydrogen) atoms. The van der Waals surface area contributed by atoms with Crippen LogP contribution in [-0.2, 0) is 11.3 Å². The second kappa shape index (κ2) is 4.34. The van der Waals surface area contributed by atoms with Crippen LogP contribution in [0.3, 0.4) is 0 Å². The maximum Gasteiger partial charge on any atom is 0.195 e. The average molecular weight is 199 g/mol. The Morgan fingerprint density at radius 1 is 1.85 bits per heavy atom. The summed E-state index contributed by atoms with van der Waals surface area (Å²) in [6.07, 6.45) is 1.81. The number of allylic oxidation sites excluding steroid dienone is 1. The molecule has 0 aliphatic rings. The van der Waals surface area contributed by atoms with Crippen LogP contribution in [0.4, 0.5) is 0 Å². The van der Waals surface area contributed by atoms with Crippen molar-refractivity contribution < 1.29 is 4.74 Å². The monoisotopic (exact) mass is 199 g/mol. The van der Waals surface area contributed by atoms with Crippen LogP contribution in [-0.4, -0.2) is 21.9 Å². The van der Waals surface area contributed by atoms with E-state index in [9.17, 15) is 0 Å². The number of hydrogen-bond donors (Lipinski definition) is 1. The summed E-state index contributed by atoms with van der Waals surface area (Å²) in [4.78, 5) is 0. The van der Waals surface area contributed by atoms with Crippen LogP contribution in [0, 0.1) is 4.77 Å². The molecule has 0 radical (unpaired) electrons. The molecule has 0 amide bonds. The third kappa shape index (κ3) is 2.05. The van der Waals surface area contributed by atoms with Crippen molar-refractivity contribution in [3.05, 3.63) is 23.3 Å². The van der Waals surface area contributed by atoms with Crippen molar-refractivity contribution >= 4 is 12.2 Å². The summed E-state index contributed by atoms with van der Waals surface area (Å²) >= 11 is 5.07. The maximum atomic E-state index is 5.07. The van der Waals surface area contributed by atoms with Crippen molar-refractivity contribution in [3.63, 3.8) is 0 Å². The molecule has 1 N–H and O–H groups in total. The molecule has 1 unspecified atom stereocenters. The lowest BCUT2D eigenvalue weighted by atomic mass is 10.3. The predicted molar refractivity (Wildman–Crippen MR) is 53.0 cm³/mol. The molecule has 1 atom stereocenters. The summed E-state index contributed by atoms with van der Waals surface area (Å²) in [7, 11) is 1.63. The Kier molecular flexibility index (Phi) is 3.39. The highest BCUT2D eigenvalue weighted by molar-refractivity contribution is 7.71. The molecular weight excluding hydrogens is 186 g/mol. The Labute approximate surface area is 82.2 Å². The van der Waals surface area contributed by atoms with Gasteiger partial charge in [-0.3, -0.25) is 9.67 Å². The zero-order chi connectivity index (χ0) is 9.84. The summed E-state index contributed by atoms with van der Waals surface area (Å²) in [5.74, 6) is 0.792. The summed E-state index contributed by atoms with van der Waals surface area (Å²) in [5, 5.41) is 6.77. The molecule has 1 rings (SSSR count). The third-order valence-corrected chi connectivity index (χ3v) is 2.09. The van der Waals surface area contributed by atoms with Gasteiger partial charge in [0.1, 0.15) is 6.61 Å². The van der Waals surface area contributed by atoms with Gasteiger partial charge in [0.05, 0.1) is 6.04 Å². The van der Waals surface area contributed by atoms with Gasteiger partial charge < -0.3 is 4.74 Å². The Morgan fingerprint density at radius 3 is 3.08 bits per heavy atom. The standard InChI is InChI=1S/C8H13N3OS/c1-4-6(2)11-7(5-12-3)9-10-8(11)13/h4,6H,1,5H2,2-3H3,(H,10,13). The molecule has 4 nitrogen and oxygen atoms in total. The minimum absolute atomic E-state index is 0.136. The Hall–Kier alpha value is -0.940. The molecule has 1 heterocycles. The summed E-state index contributed by atoms with van der Waals surface area (Å²) in [6.45, 7) is 6.16. The molecule has 72 valence electrons. The molecule has 0 bridgehead atoms. The number of methoxy groups -OCH3 is 1. The van der Waals surface area contributed by atoms with Crippen LogP contribution in [0.15, 0.2) is 12.7 Å². The van der Waals surface area contributed by atoms with Crippen molar-refractivity contribution in [3.8, 4) is 0 Å². The summed E-state index contributed by atoms with van der Waals surface area (Å²) in [6, 6.07) is 0.136. The van der Waals surface area contributed by atoms with Crippen molar-refractivity contribution in [1.82, 2.24) is 14.8 Å². The number of nitrogens with zero attached hydrogens (tertiary/aromatic N) is 2. The molecule has 0 fully saturated rings. The maximum absolute atomic E-state index is 5.07. The Balaban J connectivity index is 3.07. The number of aromatic nitrogens is 3. The second-order valence-electron chi connectivity index (χ2n) is 2.72. The van der Waals surface area contributed by atoms with Crippen LogP contribution in [0.25, 0.3) is 0 Å². The van der Waals surface area contributed by atoms with Gasteiger partial charge in [-0.2, -0.15) is 5.10 Å². The molecule has 0 aliphatic heterocycles. The van der Waals surface area contributed by atoms with Gasteiger partial charge in [0.15, 0.2) is 10.6 Å². The van der Waals surface area contributed by atoms with Crippen LogP contribution in [0.2, 0.25) is 0 Å². The van der Waals surface area contributed by atoms with Crippen molar-refractivity contribution in [2.24, 2.45) is 0 Å². The first-order valence-corrected chi connectivity index (χ1v) is 4.38. The first-order valence-electron chi connectivity index (χ1n) is 3.98. The predicted octanol–water partition coefficient (Wildman–Crippen LogP) is 1.83. The van der Waals surface area contributed by atoms with E-state index in [1.54, 1.807) is 7.11 Å². The molecule has 0 spiro atoms. The van der Waals surface area contributed by atoms with Gasteiger partial charge in [-0.15, -0.1) is 6.58 Å². The van der Waals surface area contributed by atoms with Crippen LogP contribution in [0.1, 0.15) is 18.8 Å². The second-order valence-corrected chi connectivity index (χ2v) is 3.11.